The van der Waals surface area contributed by atoms with Gasteiger partial charge < -0.3 is 5.32 Å². The zero-order valence-electron chi connectivity index (χ0n) is 18.8. The minimum Gasteiger partial charge on any atom is -0.312 e. The first-order valence-electron chi connectivity index (χ1n) is 10.9. The number of piperazine rings is 1. The lowest BCUT2D eigenvalue weighted by Crippen LogP contribution is -2.48. The van der Waals surface area contributed by atoms with Crippen molar-refractivity contribution in [3.05, 3.63) is 77.7 Å². The minimum absolute atomic E-state index is 0.0832. The van der Waals surface area contributed by atoms with Crippen molar-refractivity contribution >= 4 is 15.7 Å². The molecule has 0 aliphatic carbocycles. The number of halogens is 4. The van der Waals surface area contributed by atoms with E-state index in [0.717, 1.165) is 12.3 Å². The normalized spacial score (nSPS) is 17.3. The molecule has 0 bridgehead atoms. The molecule has 1 fully saturated rings. The summed E-state index contributed by atoms with van der Waals surface area (Å²) in [6, 6.07) is 11.9. The summed E-state index contributed by atoms with van der Waals surface area (Å²) in [4.78, 5) is 5.82. The van der Waals surface area contributed by atoms with Crippen LogP contribution in [0.1, 0.15) is 18.1 Å². The van der Waals surface area contributed by atoms with Crippen LogP contribution in [0.15, 0.2) is 65.7 Å². The van der Waals surface area contributed by atoms with E-state index in [1.807, 2.05) is 11.8 Å². The topological polar surface area (TPSA) is 74.3 Å². The molecule has 0 radical (unpaired) electrons. The molecule has 1 aliphatic rings. The zero-order valence-corrected chi connectivity index (χ0v) is 19.6. The van der Waals surface area contributed by atoms with E-state index in [4.69, 9.17) is 0 Å². The van der Waals surface area contributed by atoms with Gasteiger partial charge in [-0.05, 0) is 61.0 Å². The molecule has 0 spiro atoms. The van der Waals surface area contributed by atoms with Crippen molar-refractivity contribution in [3.63, 3.8) is 0 Å². The number of sulfonamides is 1. The number of benzene rings is 2. The minimum atomic E-state index is -4.64. The smallest absolute Gasteiger partial charge is 0.312 e. The third kappa shape index (κ3) is 6.16. The molecule has 0 amide bonds. The predicted octanol–water partition coefficient (Wildman–Crippen LogP) is 4.50. The van der Waals surface area contributed by atoms with Gasteiger partial charge >= 0.3 is 6.18 Å². The van der Waals surface area contributed by atoms with Gasteiger partial charge in [-0.2, -0.15) is 13.2 Å². The van der Waals surface area contributed by atoms with Crippen molar-refractivity contribution in [2.45, 2.75) is 30.6 Å². The fraction of sp³-hybridized carbons (Fsp3) is 0.292. The molecule has 35 heavy (non-hydrogen) atoms. The van der Waals surface area contributed by atoms with Gasteiger partial charge in [-0.3, -0.25) is 14.6 Å². The highest BCUT2D eigenvalue weighted by Gasteiger charge is 2.34. The summed E-state index contributed by atoms with van der Waals surface area (Å²) in [5, 5.41) is 3.25. The van der Waals surface area contributed by atoms with E-state index in [1.165, 1.54) is 48.5 Å². The third-order valence-corrected chi connectivity index (χ3v) is 7.07. The number of pyridine rings is 1. The highest BCUT2D eigenvalue weighted by molar-refractivity contribution is 7.92. The lowest BCUT2D eigenvalue weighted by molar-refractivity contribution is -0.138. The maximum atomic E-state index is 13.8. The van der Waals surface area contributed by atoms with Crippen LogP contribution in [0.3, 0.4) is 0 Å². The summed E-state index contributed by atoms with van der Waals surface area (Å²) >= 11 is 0. The molecule has 1 aliphatic heterocycles. The molecular weight excluding hydrogens is 484 g/mol. The van der Waals surface area contributed by atoms with Crippen molar-refractivity contribution in [3.8, 4) is 11.3 Å². The fourth-order valence-electron chi connectivity index (χ4n) is 3.98. The second-order valence-electron chi connectivity index (χ2n) is 8.45. The SMILES string of the molecule is C[C@H]1CN(Cc2ccc(NS(=O)(=O)c3ccc(-c4ccc(F)cc4)nc3)cc2C(F)(F)F)CCN1. The standard InChI is InChI=1S/C24H24F4N4O2S/c1-16-14-32(11-10-29-16)15-18-4-7-20(12-22(18)24(26,27)28)31-35(33,34)21-8-9-23(30-13-21)17-2-5-19(25)6-3-17/h2-9,12-13,16,29,31H,10-11,14-15H2,1H3/t16-/m0/s1. The maximum absolute atomic E-state index is 13.8. The zero-order chi connectivity index (χ0) is 25.2. The van der Waals surface area contributed by atoms with E-state index in [2.05, 4.69) is 15.0 Å². The van der Waals surface area contributed by atoms with Gasteiger partial charge in [0, 0.05) is 49.7 Å². The van der Waals surface area contributed by atoms with E-state index < -0.39 is 27.6 Å². The van der Waals surface area contributed by atoms with Crippen LogP contribution in [0.4, 0.5) is 23.2 Å². The summed E-state index contributed by atoms with van der Waals surface area (Å²) in [5.74, 6) is -0.413. The molecule has 3 aromatic rings. The number of nitrogens with zero attached hydrogens (tertiary/aromatic N) is 2. The Morgan fingerprint density at radius 3 is 2.49 bits per heavy atom. The van der Waals surface area contributed by atoms with Crippen LogP contribution < -0.4 is 10.0 Å². The first-order valence-corrected chi connectivity index (χ1v) is 12.4. The Kier molecular flexibility index (Phi) is 7.11. The van der Waals surface area contributed by atoms with Gasteiger partial charge in [0.15, 0.2) is 0 Å². The lowest BCUT2D eigenvalue weighted by Gasteiger charge is -2.32. The Morgan fingerprint density at radius 2 is 1.86 bits per heavy atom. The summed E-state index contributed by atoms with van der Waals surface area (Å²) < 4.78 is 82.3. The van der Waals surface area contributed by atoms with Crippen molar-refractivity contribution < 1.29 is 26.0 Å². The van der Waals surface area contributed by atoms with Crippen LogP contribution in [0.25, 0.3) is 11.3 Å². The van der Waals surface area contributed by atoms with Crippen LogP contribution in [0, 0.1) is 5.82 Å². The number of aromatic nitrogens is 1. The monoisotopic (exact) mass is 508 g/mol. The van der Waals surface area contributed by atoms with Gasteiger partial charge in [-0.25, -0.2) is 12.8 Å². The van der Waals surface area contributed by atoms with E-state index in [0.29, 0.717) is 30.9 Å². The maximum Gasteiger partial charge on any atom is 0.416 e. The van der Waals surface area contributed by atoms with Crippen molar-refractivity contribution in [1.29, 1.82) is 0 Å². The molecule has 1 aromatic heterocycles. The number of rotatable bonds is 6. The molecule has 0 unspecified atom stereocenters. The van der Waals surface area contributed by atoms with E-state index in [9.17, 15) is 26.0 Å². The Bertz CT molecular complexity index is 1280. The largest absolute Gasteiger partial charge is 0.416 e. The van der Waals surface area contributed by atoms with Crippen LogP contribution in [-0.2, 0) is 22.7 Å². The summed E-state index contributed by atoms with van der Waals surface area (Å²) in [6.45, 7) is 4.01. The summed E-state index contributed by atoms with van der Waals surface area (Å²) in [6.07, 6.45) is -3.54. The molecule has 2 aromatic carbocycles. The predicted molar refractivity (Wildman–Crippen MR) is 125 cm³/mol. The molecule has 0 saturated carbocycles. The van der Waals surface area contributed by atoms with Crippen LogP contribution in [-0.4, -0.2) is 44.0 Å². The first kappa shape index (κ1) is 25.1. The van der Waals surface area contributed by atoms with Gasteiger partial charge in [0.25, 0.3) is 10.0 Å². The van der Waals surface area contributed by atoms with Crippen molar-refractivity contribution in [1.82, 2.24) is 15.2 Å². The Labute approximate surface area is 201 Å². The van der Waals surface area contributed by atoms with E-state index in [-0.39, 0.29) is 28.7 Å². The molecule has 1 atom stereocenters. The molecule has 4 rings (SSSR count). The van der Waals surface area contributed by atoms with Crippen molar-refractivity contribution in [2.75, 3.05) is 24.4 Å². The average Bonchev–Trinajstić information content (AvgIpc) is 2.80. The molecule has 1 saturated heterocycles. The molecule has 11 heteroatoms. The molecule has 186 valence electrons. The fourth-order valence-corrected chi connectivity index (χ4v) is 4.98. The van der Waals surface area contributed by atoms with Gasteiger partial charge in [0.05, 0.1) is 11.3 Å². The lowest BCUT2D eigenvalue weighted by atomic mass is 10.0. The molecule has 6 nitrogen and oxygen atoms in total. The number of alkyl halides is 3. The summed E-state index contributed by atoms with van der Waals surface area (Å²) in [5.41, 5.74) is 0.0217. The second-order valence-corrected chi connectivity index (χ2v) is 10.1. The van der Waals surface area contributed by atoms with Gasteiger partial charge in [0.1, 0.15) is 10.7 Å². The Morgan fingerprint density at radius 1 is 1.11 bits per heavy atom. The molecule has 2 heterocycles. The third-order valence-electron chi connectivity index (χ3n) is 5.70. The van der Waals surface area contributed by atoms with Gasteiger partial charge in [-0.1, -0.05) is 6.07 Å². The van der Waals surface area contributed by atoms with E-state index >= 15 is 0 Å². The van der Waals surface area contributed by atoms with Gasteiger partial charge in [0.2, 0.25) is 0 Å². The van der Waals surface area contributed by atoms with Crippen molar-refractivity contribution in [2.24, 2.45) is 0 Å². The quantitative estimate of drug-likeness (QED) is 0.480. The Hall–Kier alpha value is -3.02. The molecular formula is C24H24F4N4O2S. The Balaban J connectivity index is 1.55. The number of hydrogen-bond donors (Lipinski definition) is 2. The van der Waals surface area contributed by atoms with Gasteiger partial charge in [-0.15, -0.1) is 0 Å². The highest BCUT2D eigenvalue weighted by atomic mass is 32.2. The molecule has 2 N–H and O–H groups in total. The average molecular weight is 509 g/mol. The van der Waals surface area contributed by atoms with Crippen LogP contribution in [0.2, 0.25) is 0 Å². The first-order chi connectivity index (χ1) is 16.5. The second kappa shape index (κ2) is 9.92. The number of nitrogens with one attached hydrogen (secondary N) is 2. The highest BCUT2D eigenvalue weighted by Crippen LogP contribution is 2.35. The number of hydrogen-bond acceptors (Lipinski definition) is 5. The number of anilines is 1. The van der Waals surface area contributed by atoms with E-state index in [1.54, 1.807) is 0 Å². The van der Waals surface area contributed by atoms with Crippen LogP contribution in [0.5, 0.6) is 0 Å². The van der Waals surface area contributed by atoms with Crippen LogP contribution >= 0.6 is 0 Å². The summed E-state index contributed by atoms with van der Waals surface area (Å²) in [7, 11) is -4.19.